The lowest BCUT2D eigenvalue weighted by Crippen LogP contribution is -2.53. The molecule has 0 spiro atoms. The van der Waals surface area contributed by atoms with E-state index >= 15 is 0 Å². The number of rotatable bonds is 8. The molecule has 0 aromatic heterocycles. The molecule has 1 atom stereocenters. The topological polar surface area (TPSA) is 60.9 Å². The quantitative estimate of drug-likeness (QED) is 0.601. The monoisotopic (exact) mass is 474 g/mol. The van der Waals surface area contributed by atoms with Crippen molar-refractivity contribution in [3.8, 4) is 0 Å². The molecule has 1 amide bonds. The maximum absolute atomic E-state index is 12.8. The molecule has 1 aliphatic heterocycles. The minimum atomic E-state index is -0.185. The second-order valence-electron chi connectivity index (χ2n) is 10.8. The molecule has 5 nitrogen and oxygen atoms in total. The average molecular weight is 475 g/mol. The fourth-order valence-electron chi connectivity index (χ4n) is 5.57. The van der Waals surface area contributed by atoms with Gasteiger partial charge in [0.1, 0.15) is 5.78 Å². The highest BCUT2D eigenvalue weighted by atomic mass is 35.5. The van der Waals surface area contributed by atoms with Gasteiger partial charge >= 0.3 is 0 Å². The molecule has 1 aromatic rings. The largest absolute Gasteiger partial charge is 0.393 e. The van der Waals surface area contributed by atoms with E-state index < -0.39 is 0 Å². The number of benzene rings is 1. The van der Waals surface area contributed by atoms with E-state index in [2.05, 4.69) is 23.6 Å². The number of carbonyl (C=O) groups is 2. The molecule has 1 aromatic carbocycles. The Morgan fingerprint density at radius 2 is 1.64 bits per heavy atom. The fraction of sp³-hybridized carbons (Fsp3) is 0.704. The molecule has 4 rings (SSSR count). The molecule has 2 aliphatic carbocycles. The van der Waals surface area contributed by atoms with Gasteiger partial charge in [0.15, 0.2) is 0 Å². The van der Waals surface area contributed by atoms with E-state index in [9.17, 15) is 14.7 Å². The number of ketones is 1. The van der Waals surface area contributed by atoms with Crippen LogP contribution in [0.5, 0.6) is 0 Å². The highest BCUT2D eigenvalue weighted by Crippen LogP contribution is 2.33. The molecule has 3 aliphatic rings. The lowest BCUT2D eigenvalue weighted by atomic mass is 9.83. The molecule has 1 heterocycles. The lowest BCUT2D eigenvalue weighted by Gasteiger charge is -2.40. The van der Waals surface area contributed by atoms with Crippen LogP contribution in [-0.4, -0.2) is 58.4 Å². The van der Waals surface area contributed by atoms with Crippen LogP contribution in [0.2, 0.25) is 5.02 Å². The number of aliphatic hydroxyl groups is 1. The summed E-state index contributed by atoms with van der Waals surface area (Å²) in [4.78, 5) is 29.8. The van der Waals surface area contributed by atoms with Crippen molar-refractivity contribution in [2.75, 3.05) is 19.6 Å². The smallest absolute Gasteiger partial charge is 0.223 e. The summed E-state index contributed by atoms with van der Waals surface area (Å²) in [5.74, 6) is 1.61. The van der Waals surface area contributed by atoms with E-state index in [1.165, 1.54) is 18.4 Å². The van der Waals surface area contributed by atoms with Gasteiger partial charge in [-0.25, -0.2) is 0 Å². The minimum absolute atomic E-state index is 0.185. The Balaban J connectivity index is 1.33. The van der Waals surface area contributed by atoms with Crippen molar-refractivity contribution in [2.24, 2.45) is 11.8 Å². The van der Waals surface area contributed by atoms with Crippen LogP contribution in [0.4, 0.5) is 0 Å². The van der Waals surface area contributed by atoms with Gasteiger partial charge in [0.2, 0.25) is 5.91 Å². The van der Waals surface area contributed by atoms with E-state index in [1.54, 1.807) is 0 Å². The molecule has 2 saturated carbocycles. The summed E-state index contributed by atoms with van der Waals surface area (Å²) in [6, 6.07) is 4.20. The number of piperazine rings is 1. The van der Waals surface area contributed by atoms with Gasteiger partial charge in [-0.2, -0.15) is 0 Å². The number of amides is 1. The SMILES string of the molecule is Cc1c(CC(=O)CC2CCC(O)CC2)cc(Cl)cc1CN1CCN(C(=O)CC2CC2)[C@@H](C)C1. The maximum Gasteiger partial charge on any atom is 0.223 e. The molecule has 6 heteroatoms. The van der Waals surface area contributed by atoms with Crippen LogP contribution in [0.25, 0.3) is 0 Å². The summed E-state index contributed by atoms with van der Waals surface area (Å²) in [6.45, 7) is 7.57. The molecular formula is C27H39ClN2O3. The number of hydrogen-bond donors (Lipinski definition) is 1. The minimum Gasteiger partial charge on any atom is -0.393 e. The van der Waals surface area contributed by atoms with Crippen LogP contribution in [0.15, 0.2) is 12.1 Å². The van der Waals surface area contributed by atoms with Crippen molar-refractivity contribution in [3.63, 3.8) is 0 Å². The molecule has 3 fully saturated rings. The van der Waals surface area contributed by atoms with E-state index in [4.69, 9.17) is 11.6 Å². The van der Waals surface area contributed by atoms with Gasteiger partial charge in [0.25, 0.3) is 0 Å². The van der Waals surface area contributed by atoms with Gasteiger partial charge in [0, 0.05) is 56.5 Å². The Morgan fingerprint density at radius 1 is 1.00 bits per heavy atom. The first kappa shape index (κ1) is 24.7. The van der Waals surface area contributed by atoms with Crippen molar-refractivity contribution < 1.29 is 14.7 Å². The maximum atomic E-state index is 12.8. The van der Waals surface area contributed by atoms with Crippen LogP contribution in [0.1, 0.15) is 75.0 Å². The van der Waals surface area contributed by atoms with Gasteiger partial charge in [-0.3, -0.25) is 14.5 Å². The van der Waals surface area contributed by atoms with Gasteiger partial charge < -0.3 is 10.0 Å². The Kier molecular flexibility index (Phi) is 8.14. The number of aliphatic hydroxyl groups excluding tert-OH is 1. The highest BCUT2D eigenvalue weighted by Gasteiger charge is 2.32. The molecule has 1 saturated heterocycles. The zero-order valence-corrected chi connectivity index (χ0v) is 20.9. The van der Waals surface area contributed by atoms with Crippen molar-refractivity contribution in [2.45, 2.75) is 90.3 Å². The van der Waals surface area contributed by atoms with Gasteiger partial charge in [0.05, 0.1) is 6.10 Å². The number of hydrogen-bond acceptors (Lipinski definition) is 4. The first-order chi connectivity index (χ1) is 15.8. The van der Waals surface area contributed by atoms with Gasteiger partial charge in [-0.15, -0.1) is 0 Å². The van der Waals surface area contributed by atoms with Crippen LogP contribution in [0.3, 0.4) is 0 Å². The molecule has 0 unspecified atom stereocenters. The number of carbonyl (C=O) groups excluding carboxylic acids is 2. The average Bonchev–Trinajstić information content (AvgIpc) is 3.57. The third-order valence-electron chi connectivity index (χ3n) is 7.89. The predicted octanol–water partition coefficient (Wildman–Crippen LogP) is 4.53. The summed E-state index contributed by atoms with van der Waals surface area (Å²) >= 11 is 6.47. The highest BCUT2D eigenvalue weighted by molar-refractivity contribution is 6.30. The van der Waals surface area contributed by atoms with Crippen LogP contribution >= 0.6 is 11.6 Å². The Hall–Kier alpha value is -1.43. The number of halogens is 1. The Bertz CT molecular complexity index is 861. The van der Waals surface area contributed by atoms with E-state index in [0.717, 1.165) is 69.4 Å². The van der Waals surface area contributed by atoms with E-state index in [0.29, 0.717) is 35.6 Å². The molecule has 0 bridgehead atoms. The zero-order valence-electron chi connectivity index (χ0n) is 20.2. The van der Waals surface area contributed by atoms with Gasteiger partial charge in [-0.1, -0.05) is 11.6 Å². The summed E-state index contributed by atoms with van der Waals surface area (Å²) in [7, 11) is 0. The summed E-state index contributed by atoms with van der Waals surface area (Å²) < 4.78 is 0. The molecule has 1 N–H and O–H groups in total. The molecule has 33 heavy (non-hydrogen) atoms. The van der Waals surface area contributed by atoms with Crippen molar-refractivity contribution in [1.82, 2.24) is 9.80 Å². The molecule has 182 valence electrons. The van der Waals surface area contributed by atoms with Crippen molar-refractivity contribution >= 4 is 23.3 Å². The number of nitrogens with zero attached hydrogens (tertiary/aromatic N) is 2. The first-order valence-electron chi connectivity index (χ1n) is 12.8. The van der Waals surface area contributed by atoms with Crippen molar-refractivity contribution in [1.29, 1.82) is 0 Å². The van der Waals surface area contributed by atoms with Crippen LogP contribution < -0.4 is 0 Å². The summed E-state index contributed by atoms with van der Waals surface area (Å²) in [6.07, 6.45) is 7.50. The molecule has 0 radical (unpaired) electrons. The summed E-state index contributed by atoms with van der Waals surface area (Å²) in [5.41, 5.74) is 3.37. The predicted molar refractivity (Wildman–Crippen MR) is 131 cm³/mol. The third-order valence-corrected chi connectivity index (χ3v) is 8.11. The molecular weight excluding hydrogens is 436 g/mol. The van der Waals surface area contributed by atoms with E-state index in [-0.39, 0.29) is 17.9 Å². The first-order valence-corrected chi connectivity index (χ1v) is 13.2. The Morgan fingerprint density at radius 3 is 2.30 bits per heavy atom. The fourth-order valence-corrected chi connectivity index (χ4v) is 5.84. The second-order valence-corrected chi connectivity index (χ2v) is 11.2. The van der Waals surface area contributed by atoms with Crippen molar-refractivity contribution in [3.05, 3.63) is 33.8 Å². The number of Topliss-reactive ketones (excluding diaryl/α,β-unsaturated/α-hetero) is 1. The Labute approximate surface area is 203 Å². The third kappa shape index (κ3) is 6.80. The zero-order chi connectivity index (χ0) is 23.5. The summed E-state index contributed by atoms with van der Waals surface area (Å²) in [5, 5.41) is 10.4. The van der Waals surface area contributed by atoms with Gasteiger partial charge in [-0.05, 0) is 93.0 Å². The van der Waals surface area contributed by atoms with Crippen LogP contribution in [0, 0.1) is 18.8 Å². The van der Waals surface area contributed by atoms with E-state index in [1.807, 2.05) is 12.1 Å². The normalized spacial score (nSPS) is 26.4. The second kappa shape index (κ2) is 10.9. The lowest BCUT2D eigenvalue weighted by molar-refractivity contribution is -0.136. The standard InChI is InChI=1S/C27H39ClN2O3/c1-18-16-29(9-10-30(18)27(33)12-21-3-4-21)17-23-14-24(28)13-22(19(23)2)15-26(32)11-20-5-7-25(31)8-6-20/h13-14,18,20-21,25,31H,3-12,15-17H2,1-2H3/t18-,20?,25?/m0/s1. The van der Waals surface area contributed by atoms with Crippen LogP contribution in [-0.2, 0) is 22.6 Å².